The van der Waals surface area contributed by atoms with Crippen LogP contribution in [0.3, 0.4) is 0 Å². The van der Waals surface area contributed by atoms with Crippen LogP contribution >= 0.6 is 0 Å². The van der Waals surface area contributed by atoms with Crippen molar-refractivity contribution in [2.75, 3.05) is 0 Å². The third kappa shape index (κ3) is 5.09. The lowest BCUT2D eigenvalue weighted by atomic mass is 9.97. The van der Waals surface area contributed by atoms with E-state index in [0.29, 0.717) is 17.5 Å². The van der Waals surface area contributed by atoms with Gasteiger partial charge in [-0.3, -0.25) is 0 Å². The first-order valence-corrected chi connectivity index (χ1v) is 19.8. The third-order valence-corrected chi connectivity index (χ3v) is 13.5. The molecule has 0 fully saturated rings. The molecule has 9 rings (SSSR count). The zero-order valence-corrected chi connectivity index (χ0v) is 28.4. The summed E-state index contributed by atoms with van der Waals surface area (Å²) in [6.07, 6.45) is 0. The highest BCUT2D eigenvalue weighted by Gasteiger charge is 2.37. The zero-order chi connectivity index (χ0) is 33.0. The molecule has 1 aliphatic rings. The second-order valence-electron chi connectivity index (χ2n) is 13.3. The summed E-state index contributed by atoms with van der Waals surface area (Å²) < 4.78 is 0. The Morgan fingerprint density at radius 3 is 1.69 bits per heavy atom. The molecule has 0 aliphatic carbocycles. The van der Waals surface area contributed by atoms with Crippen molar-refractivity contribution in [3.63, 3.8) is 0 Å². The molecule has 232 valence electrons. The smallest absolute Gasteiger partial charge is 0.164 e. The first-order chi connectivity index (χ1) is 24.0. The number of benzene rings is 7. The highest BCUT2D eigenvalue weighted by Crippen LogP contribution is 2.34. The van der Waals surface area contributed by atoms with Gasteiger partial charge in [0.05, 0.1) is 0 Å². The van der Waals surface area contributed by atoms with Crippen molar-refractivity contribution in [1.82, 2.24) is 15.0 Å². The highest BCUT2D eigenvalue weighted by molar-refractivity contribution is 7.03. The summed E-state index contributed by atoms with van der Waals surface area (Å²) in [7, 11) is -1.77. The van der Waals surface area contributed by atoms with Crippen LogP contribution in [0.25, 0.3) is 78.3 Å². The van der Waals surface area contributed by atoms with Gasteiger partial charge in [-0.15, -0.1) is 0 Å². The first kappa shape index (κ1) is 29.2. The maximum absolute atomic E-state index is 5.14. The van der Waals surface area contributed by atoms with Crippen molar-refractivity contribution >= 4 is 29.2 Å². The van der Waals surface area contributed by atoms with E-state index < -0.39 is 8.07 Å². The van der Waals surface area contributed by atoms with Gasteiger partial charge < -0.3 is 0 Å². The van der Waals surface area contributed by atoms with E-state index in [9.17, 15) is 0 Å². The average molecular weight is 644 g/mol. The van der Waals surface area contributed by atoms with Gasteiger partial charge in [-0.2, -0.15) is 0 Å². The summed E-state index contributed by atoms with van der Waals surface area (Å²) in [5, 5.41) is 5.43. The number of fused-ring (bicyclic) bond motifs is 4. The Labute approximate surface area is 287 Å². The lowest BCUT2D eigenvalue weighted by molar-refractivity contribution is 1.07. The summed E-state index contributed by atoms with van der Waals surface area (Å²) in [4.78, 5) is 15.4. The van der Waals surface area contributed by atoms with Gasteiger partial charge in [0.25, 0.3) is 0 Å². The van der Waals surface area contributed by atoms with E-state index in [2.05, 4.69) is 171 Å². The van der Waals surface area contributed by atoms with Crippen LogP contribution in [0.5, 0.6) is 0 Å². The first-order valence-electron chi connectivity index (χ1n) is 16.8. The molecule has 8 aromatic rings. The molecule has 0 unspecified atom stereocenters. The lowest BCUT2D eigenvalue weighted by Gasteiger charge is -2.18. The van der Waals surface area contributed by atoms with Gasteiger partial charge >= 0.3 is 0 Å². The zero-order valence-electron chi connectivity index (χ0n) is 27.4. The van der Waals surface area contributed by atoms with Crippen LogP contribution in [0.15, 0.2) is 164 Å². The van der Waals surface area contributed by atoms with Crippen LogP contribution < -0.4 is 10.4 Å². The van der Waals surface area contributed by atoms with Crippen molar-refractivity contribution < 1.29 is 0 Å². The van der Waals surface area contributed by atoms with Gasteiger partial charge in [0, 0.05) is 16.7 Å². The molecule has 0 amide bonds. The van der Waals surface area contributed by atoms with Crippen LogP contribution in [0.2, 0.25) is 13.1 Å². The molecule has 0 saturated carbocycles. The largest absolute Gasteiger partial charge is 0.208 e. The van der Waals surface area contributed by atoms with Crippen LogP contribution in [-0.2, 0) is 0 Å². The third-order valence-electron chi connectivity index (χ3n) is 9.95. The number of aromatic nitrogens is 3. The van der Waals surface area contributed by atoms with E-state index in [4.69, 9.17) is 15.0 Å². The number of nitrogens with zero attached hydrogens (tertiary/aromatic N) is 3. The molecule has 0 N–H and O–H groups in total. The summed E-state index contributed by atoms with van der Waals surface area (Å²) in [6.45, 7) is 4.89. The number of hydrogen-bond donors (Lipinski definition) is 0. The fourth-order valence-corrected chi connectivity index (χ4v) is 10.4. The summed E-state index contributed by atoms with van der Waals surface area (Å²) in [6, 6.07) is 58.2. The predicted molar refractivity (Wildman–Crippen MR) is 207 cm³/mol. The quantitative estimate of drug-likeness (QED) is 0.175. The molecular formula is C45H33N3Si. The molecular weight excluding hydrogens is 611 g/mol. The highest BCUT2D eigenvalue weighted by atomic mass is 28.3. The van der Waals surface area contributed by atoms with E-state index in [1.54, 1.807) is 0 Å². The van der Waals surface area contributed by atoms with E-state index in [-0.39, 0.29) is 0 Å². The Bertz CT molecular complexity index is 2510. The second kappa shape index (κ2) is 11.6. The second-order valence-corrected chi connectivity index (χ2v) is 17.6. The fraction of sp³-hybridized carbons (Fsp3) is 0.0444. The Morgan fingerprint density at radius 2 is 0.878 bits per heavy atom. The monoisotopic (exact) mass is 643 g/mol. The minimum Gasteiger partial charge on any atom is -0.208 e. The van der Waals surface area contributed by atoms with Gasteiger partial charge in [0.15, 0.2) is 17.5 Å². The molecule has 0 spiro atoms. The molecule has 7 aromatic carbocycles. The van der Waals surface area contributed by atoms with Crippen molar-refractivity contribution in [3.05, 3.63) is 164 Å². The molecule has 1 aromatic heterocycles. The maximum atomic E-state index is 5.14. The van der Waals surface area contributed by atoms with Crippen LogP contribution in [-0.4, -0.2) is 23.0 Å². The lowest BCUT2D eigenvalue weighted by Crippen LogP contribution is -2.49. The minimum atomic E-state index is -1.77. The standard InChI is InChI=1S/C45H33N3Si/c1-49(2)41-21-9-8-19-39(41)40-29-36(26-27-42(40)49)45-47-43(46-44(48-45)35-17-10-16-34(28-35)30-12-4-3-5-13-30)33-24-22-32(23-25-33)38-20-11-15-31-14-6-7-18-37(31)38/h3-29H,1-2H3. The maximum Gasteiger partial charge on any atom is 0.164 e. The Kier molecular flexibility index (Phi) is 6.92. The summed E-state index contributed by atoms with van der Waals surface area (Å²) in [5.41, 5.74) is 10.2. The molecule has 2 heterocycles. The summed E-state index contributed by atoms with van der Waals surface area (Å²) >= 11 is 0. The molecule has 0 bridgehead atoms. The van der Waals surface area contributed by atoms with E-state index in [1.807, 2.05) is 6.07 Å². The van der Waals surface area contributed by atoms with E-state index in [1.165, 1.54) is 37.8 Å². The van der Waals surface area contributed by atoms with Gasteiger partial charge in [-0.05, 0) is 66.7 Å². The van der Waals surface area contributed by atoms with Crippen molar-refractivity contribution in [2.24, 2.45) is 0 Å². The van der Waals surface area contributed by atoms with Gasteiger partial charge in [0.2, 0.25) is 0 Å². The van der Waals surface area contributed by atoms with Crippen LogP contribution in [0, 0.1) is 0 Å². The molecule has 3 nitrogen and oxygen atoms in total. The van der Waals surface area contributed by atoms with Crippen molar-refractivity contribution in [3.8, 4) is 67.5 Å². The van der Waals surface area contributed by atoms with Crippen molar-refractivity contribution in [1.29, 1.82) is 0 Å². The van der Waals surface area contributed by atoms with Crippen LogP contribution in [0.1, 0.15) is 0 Å². The van der Waals surface area contributed by atoms with Gasteiger partial charge in [0.1, 0.15) is 8.07 Å². The molecule has 1 aliphatic heterocycles. The topological polar surface area (TPSA) is 38.7 Å². The number of rotatable bonds is 5. The van der Waals surface area contributed by atoms with Gasteiger partial charge in [-0.25, -0.2) is 15.0 Å². The fourth-order valence-electron chi connectivity index (χ4n) is 7.37. The van der Waals surface area contributed by atoms with Crippen molar-refractivity contribution in [2.45, 2.75) is 13.1 Å². The van der Waals surface area contributed by atoms with Gasteiger partial charge in [-0.1, -0.05) is 165 Å². The van der Waals surface area contributed by atoms with E-state index in [0.717, 1.165) is 33.4 Å². The Morgan fingerprint density at radius 1 is 0.347 bits per heavy atom. The SMILES string of the molecule is C[Si]1(C)c2ccccc2-c2cc(-c3nc(-c4ccc(-c5cccc6ccccc56)cc4)nc(-c4cccc(-c5ccccc5)c4)n3)ccc21. The Hall–Kier alpha value is -5.97. The molecule has 0 atom stereocenters. The number of hydrogen-bond acceptors (Lipinski definition) is 3. The predicted octanol–water partition coefficient (Wildman–Crippen LogP) is 10.2. The molecule has 0 saturated heterocycles. The average Bonchev–Trinajstić information content (AvgIpc) is 3.40. The molecule has 49 heavy (non-hydrogen) atoms. The minimum absolute atomic E-state index is 0.658. The molecule has 0 radical (unpaired) electrons. The van der Waals surface area contributed by atoms with Crippen LogP contribution in [0.4, 0.5) is 0 Å². The molecule has 4 heteroatoms. The Balaban J connectivity index is 1.18. The van der Waals surface area contributed by atoms with E-state index >= 15 is 0 Å². The summed E-state index contributed by atoms with van der Waals surface area (Å²) in [5.74, 6) is 1.99. The normalized spacial score (nSPS) is 12.9.